The van der Waals surface area contributed by atoms with Crippen molar-refractivity contribution < 1.29 is 9.84 Å². The first-order chi connectivity index (χ1) is 8.24. The molecule has 3 heteroatoms. The molecule has 0 fully saturated rings. The van der Waals surface area contributed by atoms with Crippen molar-refractivity contribution in [3.8, 4) is 5.75 Å². The quantitative estimate of drug-likeness (QED) is 0.880. The van der Waals surface area contributed by atoms with Gasteiger partial charge in [0.05, 0.1) is 6.10 Å². The topological polar surface area (TPSA) is 29.5 Å². The minimum atomic E-state index is -0.298. The van der Waals surface area contributed by atoms with Crippen LogP contribution < -0.4 is 4.74 Å². The first-order valence-electron chi connectivity index (χ1n) is 5.66. The van der Waals surface area contributed by atoms with Crippen LogP contribution in [-0.4, -0.2) is 11.2 Å². The average Bonchev–Trinajstić information content (AvgIpc) is 2.80. The molecule has 0 radical (unpaired) electrons. The molecule has 2 aromatic rings. The highest BCUT2D eigenvalue weighted by molar-refractivity contribution is 7.09. The third kappa shape index (κ3) is 3.88. The van der Waals surface area contributed by atoms with Crippen LogP contribution in [0, 0.1) is 0 Å². The highest BCUT2D eigenvalue weighted by Gasteiger charge is 2.00. The standard InChI is InChI=1S/C14H16O2S/c1-11(15)9-12-4-6-13(7-5-12)16-10-14-3-2-8-17-14/h2-8,11,15H,9-10H2,1H3. The van der Waals surface area contributed by atoms with Gasteiger partial charge >= 0.3 is 0 Å². The van der Waals surface area contributed by atoms with Crippen LogP contribution >= 0.6 is 11.3 Å². The van der Waals surface area contributed by atoms with Gasteiger partial charge in [-0.2, -0.15) is 0 Å². The number of aliphatic hydroxyl groups excluding tert-OH is 1. The molecule has 0 spiro atoms. The first-order valence-corrected chi connectivity index (χ1v) is 6.54. The molecule has 0 aliphatic heterocycles. The van der Waals surface area contributed by atoms with E-state index in [1.54, 1.807) is 18.3 Å². The lowest BCUT2D eigenvalue weighted by molar-refractivity contribution is 0.195. The van der Waals surface area contributed by atoms with E-state index in [0.717, 1.165) is 11.3 Å². The fraction of sp³-hybridized carbons (Fsp3) is 0.286. The maximum Gasteiger partial charge on any atom is 0.122 e. The largest absolute Gasteiger partial charge is 0.488 e. The molecule has 2 rings (SSSR count). The van der Waals surface area contributed by atoms with Crippen molar-refractivity contribution in [2.24, 2.45) is 0 Å². The minimum absolute atomic E-state index is 0.298. The molecular weight excluding hydrogens is 232 g/mol. The second-order valence-corrected chi connectivity index (χ2v) is 5.10. The van der Waals surface area contributed by atoms with Crippen LogP contribution in [0.3, 0.4) is 0 Å². The van der Waals surface area contributed by atoms with E-state index in [2.05, 4.69) is 6.07 Å². The van der Waals surface area contributed by atoms with Gasteiger partial charge in [0, 0.05) is 4.88 Å². The molecule has 1 atom stereocenters. The fourth-order valence-corrected chi connectivity index (χ4v) is 2.23. The molecule has 1 N–H and O–H groups in total. The summed E-state index contributed by atoms with van der Waals surface area (Å²) < 4.78 is 5.66. The predicted octanol–water partition coefficient (Wildman–Crippen LogP) is 3.25. The van der Waals surface area contributed by atoms with E-state index in [4.69, 9.17) is 4.74 Å². The Morgan fingerprint density at radius 1 is 1.24 bits per heavy atom. The second-order valence-electron chi connectivity index (χ2n) is 4.07. The summed E-state index contributed by atoms with van der Waals surface area (Å²) in [6, 6.07) is 12.0. The average molecular weight is 248 g/mol. The van der Waals surface area contributed by atoms with Gasteiger partial charge in [-0.25, -0.2) is 0 Å². The molecule has 2 nitrogen and oxygen atoms in total. The van der Waals surface area contributed by atoms with Gasteiger partial charge in [0.2, 0.25) is 0 Å². The minimum Gasteiger partial charge on any atom is -0.488 e. The lowest BCUT2D eigenvalue weighted by atomic mass is 10.1. The number of ether oxygens (including phenoxy) is 1. The molecule has 0 saturated heterocycles. The summed E-state index contributed by atoms with van der Waals surface area (Å²) in [6.07, 6.45) is 0.387. The van der Waals surface area contributed by atoms with Crippen molar-refractivity contribution in [3.63, 3.8) is 0 Å². The monoisotopic (exact) mass is 248 g/mol. The van der Waals surface area contributed by atoms with Gasteiger partial charge in [-0.1, -0.05) is 18.2 Å². The maximum atomic E-state index is 9.27. The summed E-state index contributed by atoms with van der Waals surface area (Å²) in [5.41, 5.74) is 1.13. The molecule has 1 aromatic carbocycles. The molecule has 1 aromatic heterocycles. The van der Waals surface area contributed by atoms with Crippen LogP contribution in [0.5, 0.6) is 5.75 Å². The van der Waals surface area contributed by atoms with Crippen LogP contribution in [0.2, 0.25) is 0 Å². The molecule has 90 valence electrons. The summed E-state index contributed by atoms with van der Waals surface area (Å²) in [7, 11) is 0. The van der Waals surface area contributed by atoms with E-state index < -0.39 is 0 Å². The smallest absolute Gasteiger partial charge is 0.122 e. The summed E-state index contributed by atoms with van der Waals surface area (Å²) in [4.78, 5) is 1.22. The Morgan fingerprint density at radius 2 is 2.00 bits per heavy atom. The van der Waals surface area contributed by atoms with Crippen molar-refractivity contribution in [2.75, 3.05) is 0 Å². The molecule has 1 unspecified atom stereocenters. The van der Waals surface area contributed by atoms with E-state index in [1.165, 1.54) is 4.88 Å². The summed E-state index contributed by atoms with van der Waals surface area (Å²) in [5.74, 6) is 0.868. The molecule has 0 bridgehead atoms. The van der Waals surface area contributed by atoms with Crippen LogP contribution in [0.4, 0.5) is 0 Å². The molecule has 17 heavy (non-hydrogen) atoms. The fourth-order valence-electron chi connectivity index (χ4n) is 1.61. The molecule has 1 heterocycles. The van der Waals surface area contributed by atoms with Gasteiger partial charge in [-0.05, 0) is 42.5 Å². The molecule has 0 saturated carbocycles. The van der Waals surface area contributed by atoms with Crippen molar-refractivity contribution in [3.05, 3.63) is 52.2 Å². The van der Waals surface area contributed by atoms with Gasteiger partial charge in [0.25, 0.3) is 0 Å². The second kappa shape index (κ2) is 5.84. The van der Waals surface area contributed by atoms with Crippen LogP contribution in [0.15, 0.2) is 41.8 Å². The zero-order valence-corrected chi connectivity index (χ0v) is 10.6. The van der Waals surface area contributed by atoms with E-state index >= 15 is 0 Å². The zero-order chi connectivity index (χ0) is 12.1. The Balaban J connectivity index is 1.89. The number of benzene rings is 1. The third-order valence-electron chi connectivity index (χ3n) is 2.42. The van der Waals surface area contributed by atoms with Crippen LogP contribution in [-0.2, 0) is 13.0 Å². The Bertz CT molecular complexity index is 432. The molecule has 0 amide bonds. The zero-order valence-electron chi connectivity index (χ0n) is 9.80. The number of rotatable bonds is 5. The third-order valence-corrected chi connectivity index (χ3v) is 3.27. The molecule has 0 aliphatic rings. The summed E-state index contributed by atoms with van der Waals surface area (Å²) in [6.45, 7) is 2.41. The predicted molar refractivity (Wildman–Crippen MR) is 70.5 cm³/mol. The Hall–Kier alpha value is -1.32. The van der Waals surface area contributed by atoms with Crippen LogP contribution in [0.1, 0.15) is 17.4 Å². The van der Waals surface area contributed by atoms with Crippen molar-refractivity contribution in [2.45, 2.75) is 26.1 Å². The maximum absolute atomic E-state index is 9.27. The van der Waals surface area contributed by atoms with Crippen LogP contribution in [0.25, 0.3) is 0 Å². The van der Waals surface area contributed by atoms with Gasteiger partial charge in [-0.3, -0.25) is 0 Å². The normalized spacial score (nSPS) is 12.4. The lowest BCUT2D eigenvalue weighted by Crippen LogP contribution is -2.03. The summed E-state index contributed by atoms with van der Waals surface area (Å²) >= 11 is 1.70. The van der Waals surface area contributed by atoms with E-state index in [9.17, 15) is 5.11 Å². The molecular formula is C14H16O2S. The van der Waals surface area contributed by atoms with Crippen molar-refractivity contribution >= 4 is 11.3 Å². The highest BCUT2D eigenvalue weighted by Crippen LogP contribution is 2.17. The Morgan fingerprint density at radius 3 is 2.59 bits per heavy atom. The van der Waals surface area contributed by atoms with Crippen molar-refractivity contribution in [1.82, 2.24) is 0 Å². The Labute approximate surface area is 105 Å². The van der Waals surface area contributed by atoms with E-state index in [0.29, 0.717) is 13.0 Å². The first kappa shape index (κ1) is 12.1. The van der Waals surface area contributed by atoms with E-state index in [-0.39, 0.29) is 6.10 Å². The van der Waals surface area contributed by atoms with Gasteiger partial charge in [0.15, 0.2) is 0 Å². The Kier molecular flexibility index (Phi) is 4.18. The number of hydrogen-bond acceptors (Lipinski definition) is 3. The lowest BCUT2D eigenvalue weighted by Gasteiger charge is -2.07. The van der Waals surface area contributed by atoms with E-state index in [1.807, 2.05) is 35.7 Å². The molecule has 0 aliphatic carbocycles. The number of aliphatic hydroxyl groups is 1. The van der Waals surface area contributed by atoms with Gasteiger partial charge < -0.3 is 9.84 Å². The SMILES string of the molecule is CC(O)Cc1ccc(OCc2cccs2)cc1. The van der Waals surface area contributed by atoms with Gasteiger partial charge in [0.1, 0.15) is 12.4 Å². The highest BCUT2D eigenvalue weighted by atomic mass is 32.1. The number of hydrogen-bond donors (Lipinski definition) is 1. The summed E-state index contributed by atoms with van der Waals surface area (Å²) in [5, 5.41) is 11.3. The van der Waals surface area contributed by atoms with Gasteiger partial charge in [-0.15, -0.1) is 11.3 Å². The number of thiophene rings is 1. The van der Waals surface area contributed by atoms with Crippen molar-refractivity contribution in [1.29, 1.82) is 0 Å².